The third-order valence-corrected chi connectivity index (χ3v) is 6.71. The Morgan fingerprint density at radius 3 is 2.62 bits per heavy atom. The number of hydrogen-bond acceptors (Lipinski definition) is 6. The molecular weight excluding hydrogens is 370 g/mol. The van der Waals surface area contributed by atoms with E-state index in [2.05, 4.69) is 4.90 Å². The Kier molecular flexibility index (Phi) is 4.97. The maximum absolute atomic E-state index is 12.8. The molecule has 1 spiro atoms. The molecule has 7 heteroatoms. The van der Waals surface area contributed by atoms with Crippen molar-refractivity contribution in [3.8, 4) is 5.75 Å². The summed E-state index contributed by atoms with van der Waals surface area (Å²) in [5, 5.41) is 9.69. The highest BCUT2D eigenvalue weighted by Gasteiger charge is 2.54. The zero-order valence-electron chi connectivity index (χ0n) is 17.3. The molecule has 3 aliphatic heterocycles. The van der Waals surface area contributed by atoms with Gasteiger partial charge in [0.2, 0.25) is 0 Å². The van der Waals surface area contributed by atoms with Crippen LogP contribution in [0.1, 0.15) is 56.3 Å². The number of phenols is 1. The van der Waals surface area contributed by atoms with Crippen LogP contribution in [0.3, 0.4) is 0 Å². The van der Waals surface area contributed by atoms with E-state index in [0.717, 1.165) is 45.2 Å². The number of esters is 1. The molecule has 0 radical (unpaired) electrons. The standard InChI is InChI=1S/C22H31N3O4/c1-21(2)13-22(20(28)29-21)8-3-9-25(14-22)15-6-10-24(11-7-15)19(27)17-12-16(26)4-5-18(17)23/h4-5,12,15,26H,3,6-11,13-14,23H2,1-2H3. The molecule has 3 heterocycles. The van der Waals surface area contributed by atoms with Crippen molar-refractivity contribution < 1.29 is 19.4 Å². The van der Waals surface area contributed by atoms with Crippen LogP contribution in [0.25, 0.3) is 0 Å². The van der Waals surface area contributed by atoms with Crippen molar-refractivity contribution in [2.45, 2.75) is 57.6 Å². The molecule has 1 atom stereocenters. The minimum Gasteiger partial charge on any atom is -0.508 e. The lowest BCUT2D eigenvalue weighted by Crippen LogP contribution is -2.53. The van der Waals surface area contributed by atoms with Gasteiger partial charge < -0.3 is 20.5 Å². The number of amides is 1. The average molecular weight is 402 g/mol. The first-order valence-electron chi connectivity index (χ1n) is 10.5. The minimum atomic E-state index is -0.378. The van der Waals surface area contributed by atoms with Gasteiger partial charge >= 0.3 is 5.97 Å². The van der Waals surface area contributed by atoms with Crippen molar-refractivity contribution in [2.24, 2.45) is 5.41 Å². The molecule has 7 nitrogen and oxygen atoms in total. The maximum atomic E-state index is 12.8. The van der Waals surface area contributed by atoms with Gasteiger partial charge in [0.1, 0.15) is 11.4 Å². The number of nitrogens with zero attached hydrogens (tertiary/aromatic N) is 2. The van der Waals surface area contributed by atoms with Gasteiger partial charge in [-0.1, -0.05) is 0 Å². The van der Waals surface area contributed by atoms with E-state index in [1.807, 2.05) is 18.7 Å². The molecule has 3 N–H and O–H groups in total. The van der Waals surface area contributed by atoms with E-state index in [1.165, 1.54) is 12.1 Å². The molecule has 1 amide bonds. The van der Waals surface area contributed by atoms with Crippen LogP contribution in [0, 0.1) is 5.41 Å². The van der Waals surface area contributed by atoms with Crippen molar-refractivity contribution in [3.05, 3.63) is 23.8 Å². The van der Waals surface area contributed by atoms with Crippen molar-refractivity contribution in [1.29, 1.82) is 0 Å². The van der Waals surface area contributed by atoms with Crippen LogP contribution in [0.15, 0.2) is 18.2 Å². The Bertz CT molecular complexity index is 816. The van der Waals surface area contributed by atoms with Crippen LogP contribution in [0.2, 0.25) is 0 Å². The number of benzene rings is 1. The molecule has 0 saturated carbocycles. The van der Waals surface area contributed by atoms with E-state index in [0.29, 0.717) is 30.4 Å². The highest BCUT2D eigenvalue weighted by atomic mass is 16.6. The van der Waals surface area contributed by atoms with E-state index >= 15 is 0 Å². The SMILES string of the molecule is CC1(C)CC2(CCCN(C3CCN(C(=O)c4cc(O)ccc4N)CC3)C2)C(=O)O1. The molecule has 0 aromatic heterocycles. The lowest BCUT2D eigenvalue weighted by molar-refractivity contribution is -0.154. The number of hydrogen-bond donors (Lipinski definition) is 2. The Hall–Kier alpha value is -2.28. The second kappa shape index (κ2) is 7.20. The molecule has 3 aliphatic rings. The predicted molar refractivity (Wildman–Crippen MR) is 109 cm³/mol. The smallest absolute Gasteiger partial charge is 0.314 e. The zero-order valence-corrected chi connectivity index (χ0v) is 17.3. The summed E-state index contributed by atoms with van der Waals surface area (Å²) in [6.45, 7) is 7.04. The average Bonchev–Trinajstić information content (AvgIpc) is 2.90. The molecule has 29 heavy (non-hydrogen) atoms. The second-order valence-electron chi connectivity index (χ2n) is 9.48. The number of nitrogen functional groups attached to an aromatic ring is 1. The van der Waals surface area contributed by atoms with Gasteiger partial charge in [0.15, 0.2) is 0 Å². The molecule has 4 rings (SSSR count). The van der Waals surface area contributed by atoms with Crippen LogP contribution < -0.4 is 5.73 Å². The van der Waals surface area contributed by atoms with Gasteiger partial charge in [-0.15, -0.1) is 0 Å². The van der Waals surface area contributed by atoms with Gasteiger partial charge in [-0.3, -0.25) is 14.5 Å². The van der Waals surface area contributed by atoms with E-state index < -0.39 is 0 Å². The summed E-state index contributed by atoms with van der Waals surface area (Å²) in [5.41, 5.74) is 5.93. The van der Waals surface area contributed by atoms with Crippen LogP contribution in [-0.2, 0) is 9.53 Å². The maximum Gasteiger partial charge on any atom is 0.314 e. The summed E-state index contributed by atoms with van der Waals surface area (Å²) in [6.07, 6.45) is 4.44. The summed E-state index contributed by atoms with van der Waals surface area (Å²) >= 11 is 0. The number of cyclic esters (lactones) is 1. The minimum absolute atomic E-state index is 0.0424. The number of ether oxygens (including phenoxy) is 1. The monoisotopic (exact) mass is 401 g/mol. The lowest BCUT2D eigenvalue weighted by Gasteiger charge is -2.44. The number of carbonyl (C=O) groups excluding carboxylic acids is 2. The fraction of sp³-hybridized carbons (Fsp3) is 0.636. The normalized spacial score (nSPS) is 27.9. The zero-order chi connectivity index (χ0) is 20.8. The third-order valence-electron chi connectivity index (χ3n) is 6.71. The summed E-state index contributed by atoms with van der Waals surface area (Å²) in [5.74, 6) is -0.130. The quantitative estimate of drug-likeness (QED) is 0.449. The first kappa shape index (κ1) is 20.0. The van der Waals surface area contributed by atoms with Gasteiger partial charge in [-0.05, 0) is 64.3 Å². The largest absolute Gasteiger partial charge is 0.508 e. The highest BCUT2D eigenvalue weighted by molar-refractivity contribution is 5.99. The van der Waals surface area contributed by atoms with Gasteiger partial charge in [-0.2, -0.15) is 0 Å². The summed E-state index contributed by atoms with van der Waals surface area (Å²) in [7, 11) is 0. The second-order valence-corrected chi connectivity index (χ2v) is 9.48. The predicted octanol–water partition coefficient (Wildman–Crippen LogP) is 2.39. The Morgan fingerprint density at radius 2 is 1.97 bits per heavy atom. The van der Waals surface area contributed by atoms with Crippen LogP contribution in [0.4, 0.5) is 5.69 Å². The van der Waals surface area contributed by atoms with Gasteiger partial charge in [-0.25, -0.2) is 0 Å². The molecule has 0 aliphatic carbocycles. The Labute approximate surface area is 171 Å². The van der Waals surface area contributed by atoms with E-state index in [9.17, 15) is 14.7 Å². The lowest BCUT2D eigenvalue weighted by atomic mass is 9.74. The summed E-state index contributed by atoms with van der Waals surface area (Å²) < 4.78 is 5.65. The van der Waals surface area contributed by atoms with Gasteiger partial charge in [0, 0.05) is 37.8 Å². The molecule has 1 aromatic rings. The van der Waals surface area contributed by atoms with Crippen molar-refractivity contribution >= 4 is 17.6 Å². The van der Waals surface area contributed by atoms with Crippen LogP contribution >= 0.6 is 0 Å². The van der Waals surface area contributed by atoms with Crippen molar-refractivity contribution in [3.63, 3.8) is 0 Å². The number of phenolic OH excluding ortho intramolecular Hbond substituents is 1. The first-order chi connectivity index (χ1) is 13.7. The van der Waals surface area contributed by atoms with Crippen LogP contribution in [-0.4, -0.2) is 64.6 Å². The number of aromatic hydroxyl groups is 1. The number of nitrogens with two attached hydrogens (primary N) is 1. The van der Waals surface area contributed by atoms with Crippen molar-refractivity contribution in [2.75, 3.05) is 31.9 Å². The van der Waals surface area contributed by atoms with Gasteiger partial charge in [0.05, 0.1) is 11.0 Å². The molecule has 158 valence electrons. The third kappa shape index (κ3) is 3.80. The molecule has 3 saturated heterocycles. The number of rotatable bonds is 2. The number of carbonyl (C=O) groups is 2. The first-order valence-corrected chi connectivity index (χ1v) is 10.5. The molecule has 1 unspecified atom stereocenters. The van der Waals surface area contributed by atoms with E-state index in [-0.39, 0.29) is 28.6 Å². The Morgan fingerprint density at radius 1 is 1.24 bits per heavy atom. The topological polar surface area (TPSA) is 96.1 Å². The summed E-state index contributed by atoms with van der Waals surface area (Å²) in [6, 6.07) is 4.85. The van der Waals surface area contributed by atoms with E-state index in [4.69, 9.17) is 10.5 Å². The molecule has 1 aromatic carbocycles. The van der Waals surface area contributed by atoms with Crippen molar-refractivity contribution in [1.82, 2.24) is 9.80 Å². The number of likely N-dealkylation sites (tertiary alicyclic amines) is 2. The highest BCUT2D eigenvalue weighted by Crippen LogP contribution is 2.46. The molecular formula is C22H31N3O4. The Balaban J connectivity index is 1.39. The number of piperidine rings is 2. The van der Waals surface area contributed by atoms with Gasteiger partial charge in [0.25, 0.3) is 5.91 Å². The molecule has 3 fully saturated rings. The van der Waals surface area contributed by atoms with E-state index in [1.54, 1.807) is 6.07 Å². The summed E-state index contributed by atoms with van der Waals surface area (Å²) in [4.78, 5) is 29.7. The molecule has 0 bridgehead atoms. The fourth-order valence-electron chi connectivity index (χ4n) is 5.41. The number of anilines is 1. The fourth-order valence-corrected chi connectivity index (χ4v) is 5.41. The van der Waals surface area contributed by atoms with Crippen LogP contribution in [0.5, 0.6) is 5.75 Å².